The minimum atomic E-state index is -0.410. The monoisotopic (exact) mass is 341 g/mol. The third-order valence-electron chi connectivity index (χ3n) is 4.45. The van der Waals surface area contributed by atoms with E-state index < -0.39 is 5.41 Å². The number of methoxy groups -OCH3 is 1. The maximum atomic E-state index is 12.8. The lowest BCUT2D eigenvalue weighted by Gasteiger charge is -2.38. The molecular weight excluding hydrogens is 318 g/mol. The van der Waals surface area contributed by atoms with Gasteiger partial charge in [-0.3, -0.25) is 4.79 Å². The van der Waals surface area contributed by atoms with Crippen LogP contribution in [0.5, 0.6) is 5.75 Å². The van der Waals surface area contributed by atoms with Crippen molar-refractivity contribution >= 4 is 17.7 Å². The molecule has 1 aromatic carbocycles. The maximum Gasteiger partial charge on any atom is 0.220 e. The Bertz CT molecular complexity index is 783. The summed E-state index contributed by atoms with van der Waals surface area (Å²) in [5.41, 5.74) is 1.55. The van der Waals surface area contributed by atoms with Crippen LogP contribution in [0.25, 0.3) is 0 Å². The van der Waals surface area contributed by atoms with Gasteiger partial charge in [-0.05, 0) is 42.3 Å². The van der Waals surface area contributed by atoms with Crippen molar-refractivity contribution in [1.29, 1.82) is 0 Å². The summed E-state index contributed by atoms with van der Waals surface area (Å²) in [5, 5.41) is 9.52. The van der Waals surface area contributed by atoms with Crippen molar-refractivity contribution in [1.82, 2.24) is 5.01 Å². The number of fused-ring (bicyclic) bond motifs is 1. The molecule has 0 amide bonds. The molecule has 0 spiro atoms. The molecule has 6 heteroatoms. The van der Waals surface area contributed by atoms with Crippen molar-refractivity contribution < 1.29 is 13.9 Å². The number of ether oxygens (including phenoxy) is 1. The summed E-state index contributed by atoms with van der Waals surface area (Å²) in [6.45, 7) is 2.08. The number of anilines is 1. The van der Waals surface area contributed by atoms with E-state index in [0.717, 1.165) is 17.0 Å². The fourth-order valence-corrected chi connectivity index (χ4v) is 3.14. The second-order valence-electron chi connectivity index (χ2n) is 6.66. The highest BCUT2D eigenvalue weighted by atomic mass is 16.5. The van der Waals surface area contributed by atoms with Crippen molar-refractivity contribution in [3.8, 4) is 5.75 Å². The van der Waals surface area contributed by atoms with Crippen LogP contribution in [-0.4, -0.2) is 44.3 Å². The molecule has 0 fully saturated rings. The molecule has 25 heavy (non-hydrogen) atoms. The standard InChI is InChI=1S/C19H23N3O3/c1-19(12-20-22(2)3)11-16(18(23)17-6-5-9-25-17)21-15-8-7-13(24-4)10-14(15)19/h5-10,12,16,21H,11H2,1-4H3/b20-12+/t16-,19+/m1/s1. The Hall–Kier alpha value is -2.76. The molecule has 0 unspecified atom stereocenters. The molecule has 2 aromatic rings. The fourth-order valence-electron chi connectivity index (χ4n) is 3.14. The molecule has 2 heterocycles. The highest BCUT2D eigenvalue weighted by Crippen LogP contribution is 2.40. The summed E-state index contributed by atoms with van der Waals surface area (Å²) in [5.74, 6) is 1.08. The number of carbonyl (C=O) groups excluding carboxylic acids is 1. The number of ketones is 1. The van der Waals surface area contributed by atoms with E-state index in [0.29, 0.717) is 12.2 Å². The molecule has 0 aliphatic carbocycles. The first-order valence-electron chi connectivity index (χ1n) is 8.18. The van der Waals surface area contributed by atoms with Crippen molar-refractivity contribution in [2.45, 2.75) is 24.8 Å². The Labute approximate surface area is 147 Å². The summed E-state index contributed by atoms with van der Waals surface area (Å²) < 4.78 is 10.7. The predicted octanol–water partition coefficient (Wildman–Crippen LogP) is 3.16. The number of Topliss-reactive ketones (excluding diaryl/α,β-unsaturated/α-hetero) is 1. The van der Waals surface area contributed by atoms with E-state index in [1.807, 2.05) is 38.5 Å². The van der Waals surface area contributed by atoms with Crippen molar-refractivity contribution in [3.63, 3.8) is 0 Å². The summed E-state index contributed by atoms with van der Waals surface area (Å²) in [4.78, 5) is 12.8. The van der Waals surface area contributed by atoms with Gasteiger partial charge in [0.05, 0.1) is 19.4 Å². The van der Waals surface area contributed by atoms with Crippen molar-refractivity contribution in [3.05, 3.63) is 47.9 Å². The Kier molecular flexibility index (Phi) is 4.53. The van der Waals surface area contributed by atoms with E-state index in [9.17, 15) is 4.79 Å². The average Bonchev–Trinajstić information content (AvgIpc) is 3.13. The molecule has 0 bridgehead atoms. The summed E-state index contributed by atoms with van der Waals surface area (Å²) in [6, 6.07) is 8.86. The van der Waals surface area contributed by atoms with E-state index in [1.54, 1.807) is 24.3 Å². The molecule has 1 aliphatic heterocycles. The first-order valence-corrected chi connectivity index (χ1v) is 8.18. The number of hydrazone groups is 1. The molecule has 1 N–H and O–H groups in total. The summed E-state index contributed by atoms with van der Waals surface area (Å²) in [7, 11) is 5.39. The topological polar surface area (TPSA) is 67.1 Å². The van der Waals surface area contributed by atoms with Crippen LogP contribution in [0, 0.1) is 0 Å². The van der Waals surface area contributed by atoms with Gasteiger partial charge < -0.3 is 19.5 Å². The number of nitrogens with one attached hydrogen (secondary N) is 1. The van der Waals surface area contributed by atoms with Gasteiger partial charge in [0.15, 0.2) is 5.76 Å². The molecule has 0 radical (unpaired) electrons. The van der Waals surface area contributed by atoms with Gasteiger partial charge in [-0.1, -0.05) is 6.92 Å². The van der Waals surface area contributed by atoms with E-state index in [1.165, 1.54) is 6.26 Å². The van der Waals surface area contributed by atoms with Crippen LogP contribution in [-0.2, 0) is 5.41 Å². The van der Waals surface area contributed by atoms with Crippen LogP contribution in [0.1, 0.15) is 29.5 Å². The molecule has 0 saturated heterocycles. The smallest absolute Gasteiger partial charge is 0.220 e. The van der Waals surface area contributed by atoms with E-state index in [-0.39, 0.29) is 11.8 Å². The maximum absolute atomic E-state index is 12.8. The van der Waals surface area contributed by atoms with E-state index in [4.69, 9.17) is 9.15 Å². The number of rotatable bonds is 5. The Morgan fingerprint density at radius 1 is 1.44 bits per heavy atom. The second kappa shape index (κ2) is 6.63. The number of carbonyl (C=O) groups is 1. The molecule has 1 aliphatic rings. The van der Waals surface area contributed by atoms with Crippen LogP contribution in [0.3, 0.4) is 0 Å². The molecule has 1 aromatic heterocycles. The zero-order valence-electron chi connectivity index (χ0n) is 14.9. The van der Waals surface area contributed by atoms with Crippen molar-refractivity contribution in [2.75, 3.05) is 26.5 Å². The third-order valence-corrected chi connectivity index (χ3v) is 4.45. The average molecular weight is 341 g/mol. The Balaban J connectivity index is 2.02. The van der Waals surface area contributed by atoms with Crippen LogP contribution in [0.4, 0.5) is 5.69 Å². The summed E-state index contributed by atoms with van der Waals surface area (Å²) in [6.07, 6.45) is 3.99. The second-order valence-corrected chi connectivity index (χ2v) is 6.66. The van der Waals surface area contributed by atoms with Gasteiger partial charge in [0.1, 0.15) is 5.75 Å². The lowest BCUT2D eigenvalue weighted by atomic mass is 9.73. The normalized spacial score (nSPS) is 22.3. The molecule has 6 nitrogen and oxygen atoms in total. The predicted molar refractivity (Wildman–Crippen MR) is 97.6 cm³/mol. The number of furan rings is 1. The zero-order valence-corrected chi connectivity index (χ0v) is 14.9. The lowest BCUT2D eigenvalue weighted by Crippen LogP contribution is -2.43. The van der Waals surface area contributed by atoms with E-state index in [2.05, 4.69) is 17.3 Å². The first-order chi connectivity index (χ1) is 11.9. The van der Waals surface area contributed by atoms with Gasteiger partial charge in [-0.15, -0.1) is 0 Å². The van der Waals surface area contributed by atoms with Gasteiger partial charge >= 0.3 is 0 Å². The number of nitrogens with zero attached hydrogens (tertiary/aromatic N) is 2. The quantitative estimate of drug-likeness (QED) is 0.514. The highest BCUT2D eigenvalue weighted by molar-refractivity contribution is 6.01. The van der Waals surface area contributed by atoms with Gasteiger partial charge in [0.25, 0.3) is 0 Å². The van der Waals surface area contributed by atoms with Crippen LogP contribution < -0.4 is 10.1 Å². The largest absolute Gasteiger partial charge is 0.497 e. The van der Waals surface area contributed by atoms with Gasteiger partial charge in [0, 0.05) is 31.4 Å². The SMILES string of the molecule is COc1ccc2c(c1)[C@](C)(/C=N/N(C)C)C[C@H](C(=O)c1ccco1)N2. The molecule has 3 rings (SSSR count). The van der Waals surface area contributed by atoms with Crippen LogP contribution in [0.2, 0.25) is 0 Å². The Morgan fingerprint density at radius 3 is 2.88 bits per heavy atom. The molecular formula is C19H23N3O3. The summed E-state index contributed by atoms with van der Waals surface area (Å²) >= 11 is 0. The molecule has 132 valence electrons. The first kappa shape index (κ1) is 17.1. The van der Waals surface area contributed by atoms with Gasteiger partial charge in [-0.25, -0.2) is 0 Å². The number of hydrogen-bond donors (Lipinski definition) is 1. The van der Waals surface area contributed by atoms with Crippen molar-refractivity contribution in [2.24, 2.45) is 5.10 Å². The van der Waals surface area contributed by atoms with Crippen LogP contribution >= 0.6 is 0 Å². The Morgan fingerprint density at radius 2 is 2.24 bits per heavy atom. The van der Waals surface area contributed by atoms with Crippen LogP contribution in [0.15, 0.2) is 46.1 Å². The zero-order chi connectivity index (χ0) is 18.0. The van der Waals surface area contributed by atoms with Gasteiger partial charge in [0.2, 0.25) is 5.78 Å². The molecule has 0 saturated carbocycles. The number of benzene rings is 1. The minimum absolute atomic E-state index is 0.0593. The minimum Gasteiger partial charge on any atom is -0.497 e. The fraction of sp³-hybridized carbons (Fsp3) is 0.368. The lowest BCUT2D eigenvalue weighted by molar-refractivity contribution is 0.0930. The van der Waals surface area contributed by atoms with E-state index >= 15 is 0 Å². The number of hydrogen-bond acceptors (Lipinski definition) is 6. The highest BCUT2D eigenvalue weighted by Gasteiger charge is 2.39. The molecule has 2 atom stereocenters. The third kappa shape index (κ3) is 3.38. The van der Waals surface area contributed by atoms with Gasteiger partial charge in [-0.2, -0.15) is 5.10 Å².